The van der Waals surface area contributed by atoms with Crippen molar-refractivity contribution < 1.29 is 19.0 Å². The molecule has 3 aromatic carbocycles. The molecule has 0 aromatic heterocycles. The molecular formula is C33H38O4. The Morgan fingerprint density at radius 1 is 0.730 bits per heavy atom. The Hall–Kier alpha value is -2.95. The van der Waals surface area contributed by atoms with Gasteiger partial charge in [0.25, 0.3) is 5.79 Å². The minimum absolute atomic E-state index is 0.0107. The Labute approximate surface area is 221 Å². The largest absolute Gasteiger partial charge is 0.462 e. The van der Waals surface area contributed by atoms with Crippen LogP contribution in [0.25, 0.3) is 0 Å². The van der Waals surface area contributed by atoms with Crippen LogP contribution in [0.3, 0.4) is 0 Å². The van der Waals surface area contributed by atoms with Crippen LogP contribution in [0.15, 0.2) is 78.9 Å². The maximum atomic E-state index is 13.6. The zero-order valence-corrected chi connectivity index (χ0v) is 22.7. The van der Waals surface area contributed by atoms with Crippen molar-refractivity contribution in [1.82, 2.24) is 0 Å². The topological polar surface area (TPSA) is 44.8 Å². The second kappa shape index (κ2) is 9.41. The highest BCUT2D eigenvalue weighted by molar-refractivity contribution is 5.80. The van der Waals surface area contributed by atoms with Gasteiger partial charge in [0, 0.05) is 5.56 Å². The summed E-state index contributed by atoms with van der Waals surface area (Å²) in [5.74, 6) is -2.12. The van der Waals surface area contributed by atoms with Crippen LogP contribution in [0.4, 0.5) is 0 Å². The summed E-state index contributed by atoms with van der Waals surface area (Å²) >= 11 is 0. The summed E-state index contributed by atoms with van der Waals surface area (Å²) in [5, 5.41) is 0. The van der Waals surface area contributed by atoms with Crippen LogP contribution in [0.5, 0.6) is 0 Å². The Balaban J connectivity index is 1.60. The van der Waals surface area contributed by atoms with E-state index in [1.165, 1.54) is 11.1 Å². The number of hydrogen-bond acceptors (Lipinski definition) is 4. The number of esters is 1. The molecule has 1 aliphatic heterocycles. The molecule has 0 unspecified atom stereocenters. The van der Waals surface area contributed by atoms with Gasteiger partial charge in [-0.2, -0.15) is 0 Å². The number of carbonyl (C=O) groups excluding carboxylic acids is 1. The van der Waals surface area contributed by atoms with Crippen molar-refractivity contribution >= 4 is 5.97 Å². The van der Waals surface area contributed by atoms with Crippen molar-refractivity contribution in [3.05, 3.63) is 107 Å². The zero-order chi connectivity index (χ0) is 26.3. The fourth-order valence-electron chi connectivity index (χ4n) is 5.97. The third-order valence-corrected chi connectivity index (χ3v) is 8.47. The molecule has 1 heterocycles. The van der Waals surface area contributed by atoms with Crippen LogP contribution >= 0.6 is 0 Å². The molecule has 0 saturated carbocycles. The molecule has 194 valence electrons. The highest BCUT2D eigenvalue weighted by atomic mass is 16.7. The van der Waals surface area contributed by atoms with Gasteiger partial charge in [-0.3, -0.25) is 0 Å². The van der Waals surface area contributed by atoms with Gasteiger partial charge in [-0.25, -0.2) is 4.79 Å². The highest BCUT2D eigenvalue weighted by Gasteiger charge is 2.54. The minimum Gasteiger partial charge on any atom is -0.462 e. The first-order chi connectivity index (χ1) is 17.6. The standard InChI is InChI=1S/C33H38O4/c1-6-35-29(34)33(26-17-18-27-28(21-26)31(4,5)20-19-30(27,2)3)36-22-32(23-37-33,24-13-9-7-10-14-24)25-15-11-8-12-16-25/h7-18,21H,6,19-20,22-23H2,1-5H3. The summed E-state index contributed by atoms with van der Waals surface area (Å²) in [4.78, 5) is 13.6. The van der Waals surface area contributed by atoms with Gasteiger partial charge in [-0.1, -0.05) is 100 Å². The Bertz CT molecular complexity index is 1210. The second-order valence-electron chi connectivity index (χ2n) is 11.8. The third-order valence-electron chi connectivity index (χ3n) is 8.47. The lowest BCUT2D eigenvalue weighted by molar-refractivity contribution is -0.290. The monoisotopic (exact) mass is 498 g/mol. The normalized spacial score (nSPS) is 21.0. The predicted molar refractivity (Wildman–Crippen MR) is 146 cm³/mol. The first kappa shape index (κ1) is 25.7. The Morgan fingerprint density at radius 3 is 1.76 bits per heavy atom. The fraction of sp³-hybridized carbons (Fsp3) is 0.424. The van der Waals surface area contributed by atoms with E-state index < -0.39 is 17.2 Å². The fourth-order valence-corrected chi connectivity index (χ4v) is 5.97. The molecule has 1 aliphatic carbocycles. The van der Waals surface area contributed by atoms with E-state index in [2.05, 4.69) is 64.1 Å². The van der Waals surface area contributed by atoms with E-state index in [1.54, 1.807) is 0 Å². The molecule has 0 atom stereocenters. The number of carbonyl (C=O) groups is 1. The van der Waals surface area contributed by atoms with Gasteiger partial charge < -0.3 is 14.2 Å². The average Bonchev–Trinajstić information content (AvgIpc) is 2.92. The number of benzene rings is 3. The molecule has 4 heteroatoms. The number of fused-ring (bicyclic) bond motifs is 1. The van der Waals surface area contributed by atoms with Crippen LogP contribution in [0, 0.1) is 0 Å². The highest BCUT2D eigenvalue weighted by Crippen LogP contribution is 2.49. The first-order valence-corrected chi connectivity index (χ1v) is 13.4. The minimum atomic E-state index is -1.62. The lowest BCUT2D eigenvalue weighted by Gasteiger charge is -2.46. The van der Waals surface area contributed by atoms with Gasteiger partial charge in [0.2, 0.25) is 0 Å². The van der Waals surface area contributed by atoms with Crippen molar-refractivity contribution in [3.63, 3.8) is 0 Å². The van der Waals surface area contributed by atoms with Crippen LogP contribution in [-0.4, -0.2) is 25.8 Å². The average molecular weight is 499 g/mol. The van der Waals surface area contributed by atoms with Crippen molar-refractivity contribution in [2.45, 2.75) is 69.5 Å². The van der Waals surface area contributed by atoms with Gasteiger partial charge >= 0.3 is 5.97 Å². The molecule has 0 bridgehead atoms. The summed E-state index contributed by atoms with van der Waals surface area (Å²) in [7, 11) is 0. The molecule has 1 saturated heterocycles. The number of ether oxygens (including phenoxy) is 3. The van der Waals surface area contributed by atoms with Crippen molar-refractivity contribution in [2.24, 2.45) is 0 Å². The molecule has 3 aromatic rings. The smallest absolute Gasteiger partial charge is 0.372 e. The molecule has 0 radical (unpaired) electrons. The molecular weight excluding hydrogens is 460 g/mol. The van der Waals surface area contributed by atoms with Crippen molar-refractivity contribution in [3.8, 4) is 0 Å². The zero-order valence-electron chi connectivity index (χ0n) is 22.7. The molecule has 0 spiro atoms. The van der Waals surface area contributed by atoms with Crippen molar-refractivity contribution in [1.29, 1.82) is 0 Å². The Morgan fingerprint density at radius 2 is 1.24 bits per heavy atom. The van der Waals surface area contributed by atoms with E-state index in [-0.39, 0.29) is 30.7 Å². The van der Waals surface area contributed by atoms with E-state index in [0.717, 1.165) is 24.0 Å². The maximum Gasteiger partial charge on any atom is 0.372 e. The van der Waals surface area contributed by atoms with Gasteiger partial charge in [0.05, 0.1) is 25.2 Å². The maximum absolute atomic E-state index is 13.6. The van der Waals surface area contributed by atoms with Gasteiger partial charge in [0.1, 0.15) is 0 Å². The summed E-state index contributed by atoms with van der Waals surface area (Å²) in [6.07, 6.45) is 2.20. The van der Waals surface area contributed by atoms with Crippen LogP contribution in [0.1, 0.15) is 75.3 Å². The molecule has 4 nitrogen and oxygen atoms in total. The first-order valence-electron chi connectivity index (χ1n) is 13.4. The van der Waals surface area contributed by atoms with E-state index >= 15 is 0 Å². The van der Waals surface area contributed by atoms with Crippen LogP contribution in [0.2, 0.25) is 0 Å². The lowest BCUT2D eigenvalue weighted by atomic mass is 9.63. The summed E-state index contributed by atoms with van der Waals surface area (Å²) in [6.45, 7) is 11.8. The molecule has 1 fully saturated rings. The summed E-state index contributed by atoms with van der Waals surface area (Å²) in [5.41, 5.74) is 4.97. The van der Waals surface area contributed by atoms with E-state index in [9.17, 15) is 4.79 Å². The molecule has 2 aliphatic rings. The van der Waals surface area contributed by atoms with E-state index in [0.29, 0.717) is 5.56 Å². The quantitative estimate of drug-likeness (QED) is 0.364. The summed E-state index contributed by atoms with van der Waals surface area (Å²) in [6, 6.07) is 26.8. The SMILES string of the molecule is CCOC(=O)C1(c2ccc3c(c2)C(C)(C)CCC3(C)C)OCC(c2ccccc2)(c2ccccc2)CO1. The predicted octanol–water partition coefficient (Wildman–Crippen LogP) is 6.78. The Kier molecular flexibility index (Phi) is 6.54. The molecule has 5 rings (SSSR count). The van der Waals surface area contributed by atoms with Crippen LogP contribution < -0.4 is 0 Å². The van der Waals surface area contributed by atoms with Gasteiger partial charge in [-0.15, -0.1) is 0 Å². The molecule has 0 amide bonds. The number of rotatable bonds is 5. The second-order valence-corrected chi connectivity index (χ2v) is 11.8. The third kappa shape index (κ3) is 4.30. The van der Waals surface area contributed by atoms with Crippen LogP contribution in [-0.2, 0) is 41.0 Å². The van der Waals surface area contributed by atoms with Gasteiger partial charge in [0.15, 0.2) is 0 Å². The molecule has 37 heavy (non-hydrogen) atoms. The van der Waals surface area contributed by atoms with E-state index in [4.69, 9.17) is 14.2 Å². The summed E-state index contributed by atoms with van der Waals surface area (Å²) < 4.78 is 18.8. The van der Waals surface area contributed by atoms with E-state index in [1.807, 2.05) is 49.4 Å². The number of hydrogen-bond donors (Lipinski definition) is 0. The molecule has 0 N–H and O–H groups in total. The van der Waals surface area contributed by atoms with Gasteiger partial charge in [-0.05, 0) is 58.9 Å². The lowest BCUT2D eigenvalue weighted by Crippen LogP contribution is -2.55. The van der Waals surface area contributed by atoms with Crippen molar-refractivity contribution in [2.75, 3.05) is 19.8 Å².